The molecule has 1 amide bonds. The highest BCUT2D eigenvalue weighted by molar-refractivity contribution is 5.67. The summed E-state index contributed by atoms with van der Waals surface area (Å²) in [6, 6.07) is 20.3. The summed E-state index contributed by atoms with van der Waals surface area (Å²) >= 11 is 0. The smallest absolute Gasteiger partial charge is 0.410 e. The normalized spacial score (nSPS) is 18.6. The van der Waals surface area contributed by atoms with E-state index in [2.05, 4.69) is 36.1 Å². The third-order valence-corrected chi connectivity index (χ3v) is 4.50. The molecule has 0 spiro atoms. The lowest BCUT2D eigenvalue weighted by Gasteiger charge is -2.21. The minimum atomic E-state index is -0.211. The van der Waals surface area contributed by atoms with E-state index in [1.165, 1.54) is 5.56 Å². The summed E-state index contributed by atoms with van der Waals surface area (Å²) < 4.78 is 5.49. The monoisotopic (exact) mass is 338 g/mol. The van der Waals surface area contributed by atoms with Crippen LogP contribution in [0.3, 0.4) is 0 Å². The van der Waals surface area contributed by atoms with Crippen LogP contribution in [0.25, 0.3) is 0 Å². The minimum Gasteiger partial charge on any atom is -0.445 e. The molecule has 0 N–H and O–H groups in total. The average molecular weight is 338 g/mol. The predicted molar refractivity (Wildman–Crippen MR) is 99.1 cm³/mol. The molecule has 1 heterocycles. The van der Waals surface area contributed by atoms with Crippen molar-refractivity contribution in [1.82, 2.24) is 9.80 Å². The molecule has 4 heteroatoms. The standard InChI is InChI=1S/C21H26N2O2/c1-18-14-22(16-19-8-4-2-5-9-19)12-13-23(15-18)21(24)25-17-20-10-6-3-7-11-20/h2-11,18H,12-17H2,1H3. The van der Waals surface area contributed by atoms with Gasteiger partial charge < -0.3 is 9.64 Å². The van der Waals surface area contributed by atoms with Gasteiger partial charge in [-0.05, 0) is 17.0 Å². The van der Waals surface area contributed by atoms with Crippen LogP contribution in [-0.4, -0.2) is 42.1 Å². The molecule has 1 aliphatic heterocycles. The third kappa shape index (κ3) is 5.33. The van der Waals surface area contributed by atoms with E-state index in [-0.39, 0.29) is 6.09 Å². The Kier molecular flexibility index (Phi) is 6.07. The number of carbonyl (C=O) groups excluding carboxylic acids is 1. The summed E-state index contributed by atoms with van der Waals surface area (Å²) in [6.07, 6.45) is -0.211. The van der Waals surface area contributed by atoms with Gasteiger partial charge in [0, 0.05) is 32.7 Å². The van der Waals surface area contributed by atoms with Crippen molar-refractivity contribution in [2.75, 3.05) is 26.2 Å². The first-order valence-electron chi connectivity index (χ1n) is 8.92. The van der Waals surface area contributed by atoms with Crippen molar-refractivity contribution in [1.29, 1.82) is 0 Å². The summed E-state index contributed by atoms with van der Waals surface area (Å²) in [4.78, 5) is 16.7. The van der Waals surface area contributed by atoms with Crippen molar-refractivity contribution in [3.63, 3.8) is 0 Å². The average Bonchev–Trinajstić information content (AvgIpc) is 2.82. The summed E-state index contributed by atoms with van der Waals surface area (Å²) in [5.74, 6) is 0.426. The Morgan fingerprint density at radius 1 is 0.960 bits per heavy atom. The van der Waals surface area contributed by atoms with Crippen molar-refractivity contribution in [2.24, 2.45) is 5.92 Å². The molecule has 2 aromatic rings. The van der Waals surface area contributed by atoms with Gasteiger partial charge in [0.2, 0.25) is 0 Å². The van der Waals surface area contributed by atoms with Gasteiger partial charge >= 0.3 is 6.09 Å². The van der Waals surface area contributed by atoms with Gasteiger partial charge in [-0.25, -0.2) is 4.79 Å². The second-order valence-corrected chi connectivity index (χ2v) is 6.81. The van der Waals surface area contributed by atoms with E-state index in [9.17, 15) is 4.79 Å². The molecule has 1 unspecified atom stereocenters. The van der Waals surface area contributed by atoms with Gasteiger partial charge in [-0.3, -0.25) is 4.90 Å². The van der Waals surface area contributed by atoms with E-state index in [1.807, 2.05) is 41.3 Å². The van der Waals surface area contributed by atoms with Gasteiger partial charge in [0.1, 0.15) is 6.61 Å². The van der Waals surface area contributed by atoms with Crippen LogP contribution in [0.5, 0.6) is 0 Å². The first-order valence-corrected chi connectivity index (χ1v) is 8.92. The Morgan fingerprint density at radius 3 is 2.28 bits per heavy atom. The maximum atomic E-state index is 12.4. The van der Waals surface area contributed by atoms with Crippen molar-refractivity contribution >= 4 is 6.09 Å². The van der Waals surface area contributed by atoms with Gasteiger partial charge in [0.15, 0.2) is 0 Å². The molecule has 4 nitrogen and oxygen atoms in total. The quantitative estimate of drug-likeness (QED) is 0.850. The number of benzene rings is 2. The molecule has 132 valence electrons. The summed E-state index contributed by atoms with van der Waals surface area (Å²) in [5.41, 5.74) is 2.33. The summed E-state index contributed by atoms with van der Waals surface area (Å²) in [5, 5.41) is 0. The molecule has 1 fully saturated rings. The van der Waals surface area contributed by atoms with E-state index >= 15 is 0 Å². The number of amides is 1. The van der Waals surface area contributed by atoms with Crippen LogP contribution >= 0.6 is 0 Å². The van der Waals surface area contributed by atoms with Crippen molar-refractivity contribution in [3.05, 3.63) is 71.8 Å². The molecule has 25 heavy (non-hydrogen) atoms. The Balaban J connectivity index is 1.52. The maximum Gasteiger partial charge on any atom is 0.410 e. The van der Waals surface area contributed by atoms with Crippen molar-refractivity contribution < 1.29 is 9.53 Å². The number of hydrogen-bond acceptors (Lipinski definition) is 3. The highest BCUT2D eigenvalue weighted by Gasteiger charge is 2.24. The highest BCUT2D eigenvalue weighted by Crippen LogP contribution is 2.14. The maximum absolute atomic E-state index is 12.4. The van der Waals surface area contributed by atoms with E-state index in [1.54, 1.807) is 0 Å². The van der Waals surface area contributed by atoms with Gasteiger partial charge in [-0.2, -0.15) is 0 Å². The molecule has 0 aromatic heterocycles. The van der Waals surface area contributed by atoms with Crippen LogP contribution in [-0.2, 0) is 17.9 Å². The fourth-order valence-electron chi connectivity index (χ4n) is 3.28. The van der Waals surface area contributed by atoms with Crippen LogP contribution in [0.15, 0.2) is 60.7 Å². The van der Waals surface area contributed by atoms with Gasteiger partial charge in [0.25, 0.3) is 0 Å². The van der Waals surface area contributed by atoms with E-state index < -0.39 is 0 Å². The number of carbonyl (C=O) groups is 1. The third-order valence-electron chi connectivity index (χ3n) is 4.50. The molecule has 1 atom stereocenters. The zero-order valence-electron chi connectivity index (χ0n) is 14.8. The first kappa shape index (κ1) is 17.5. The number of rotatable bonds is 4. The molecule has 1 aliphatic rings. The first-order chi connectivity index (χ1) is 12.2. The van der Waals surface area contributed by atoms with Crippen LogP contribution in [0.4, 0.5) is 4.79 Å². The van der Waals surface area contributed by atoms with Crippen molar-refractivity contribution in [3.8, 4) is 0 Å². The van der Waals surface area contributed by atoms with Crippen LogP contribution in [0.2, 0.25) is 0 Å². The molecular formula is C21H26N2O2. The number of ether oxygens (including phenoxy) is 1. The summed E-state index contributed by atoms with van der Waals surface area (Å²) in [7, 11) is 0. The molecule has 2 aromatic carbocycles. The molecular weight excluding hydrogens is 312 g/mol. The zero-order chi connectivity index (χ0) is 17.5. The van der Waals surface area contributed by atoms with E-state index in [0.717, 1.165) is 31.7 Å². The largest absolute Gasteiger partial charge is 0.445 e. The Morgan fingerprint density at radius 2 is 1.60 bits per heavy atom. The second-order valence-electron chi connectivity index (χ2n) is 6.81. The fraction of sp³-hybridized carbons (Fsp3) is 0.381. The van der Waals surface area contributed by atoms with Gasteiger partial charge in [-0.1, -0.05) is 67.6 Å². The van der Waals surface area contributed by atoms with Crippen LogP contribution < -0.4 is 0 Å². The Bertz CT molecular complexity index is 660. The van der Waals surface area contributed by atoms with Gasteiger partial charge in [-0.15, -0.1) is 0 Å². The molecule has 0 saturated carbocycles. The summed E-state index contributed by atoms with van der Waals surface area (Å²) in [6.45, 7) is 6.79. The zero-order valence-corrected chi connectivity index (χ0v) is 14.8. The Hall–Kier alpha value is -2.33. The van der Waals surface area contributed by atoms with Crippen molar-refractivity contribution in [2.45, 2.75) is 20.1 Å². The molecule has 3 rings (SSSR count). The number of nitrogens with zero attached hydrogens (tertiary/aromatic N) is 2. The topological polar surface area (TPSA) is 32.8 Å². The van der Waals surface area contributed by atoms with Crippen LogP contribution in [0, 0.1) is 5.92 Å². The Labute approximate surface area is 150 Å². The second kappa shape index (κ2) is 8.67. The fourth-order valence-corrected chi connectivity index (χ4v) is 3.28. The van der Waals surface area contributed by atoms with Gasteiger partial charge in [0.05, 0.1) is 0 Å². The highest BCUT2D eigenvalue weighted by atomic mass is 16.6. The van der Waals surface area contributed by atoms with E-state index in [0.29, 0.717) is 19.1 Å². The SMILES string of the molecule is CC1CN(Cc2ccccc2)CCN(C(=O)OCc2ccccc2)C1. The molecule has 0 radical (unpaired) electrons. The minimum absolute atomic E-state index is 0.211. The molecule has 1 saturated heterocycles. The number of hydrogen-bond donors (Lipinski definition) is 0. The predicted octanol–water partition coefficient (Wildman–Crippen LogP) is 3.78. The molecule has 0 bridgehead atoms. The lowest BCUT2D eigenvalue weighted by atomic mass is 10.1. The lowest BCUT2D eigenvalue weighted by molar-refractivity contribution is 0.0946. The van der Waals surface area contributed by atoms with Crippen LogP contribution in [0.1, 0.15) is 18.1 Å². The van der Waals surface area contributed by atoms with E-state index in [4.69, 9.17) is 4.74 Å². The lowest BCUT2D eigenvalue weighted by Crippen LogP contribution is -2.36. The molecule has 0 aliphatic carbocycles.